The zero-order chi connectivity index (χ0) is 26.5. The van der Waals surface area contributed by atoms with Crippen LogP contribution >= 0.6 is 0 Å². The Labute approximate surface area is 191 Å². The highest BCUT2D eigenvalue weighted by Crippen LogP contribution is 2.28. The summed E-state index contributed by atoms with van der Waals surface area (Å²) in [6, 6.07) is 4.99. The second kappa shape index (κ2) is 11.0. The Bertz CT molecular complexity index is 1270. The van der Waals surface area contributed by atoms with Gasteiger partial charge in [-0.1, -0.05) is 12.1 Å². The van der Waals surface area contributed by atoms with Crippen molar-refractivity contribution >= 4 is 5.97 Å². The Balaban J connectivity index is 0.000000540. The van der Waals surface area contributed by atoms with Crippen molar-refractivity contribution in [1.82, 2.24) is 24.1 Å². The summed E-state index contributed by atoms with van der Waals surface area (Å²) in [5, 5.41) is 14.6. The number of alkyl halides is 5. The quantitative estimate of drug-likeness (QED) is 0.491. The molecular weight excluding hydrogens is 493 g/mol. The fourth-order valence-corrected chi connectivity index (χ4v) is 2.77. The smallest absolute Gasteiger partial charge is 0.475 e. The highest BCUT2D eigenvalue weighted by Gasteiger charge is 2.38. The Morgan fingerprint density at radius 3 is 2.31 bits per heavy atom. The van der Waals surface area contributed by atoms with Gasteiger partial charge in [0.25, 0.3) is 6.08 Å². The van der Waals surface area contributed by atoms with Crippen molar-refractivity contribution in [1.29, 1.82) is 0 Å². The van der Waals surface area contributed by atoms with Gasteiger partial charge in [0.1, 0.15) is 6.33 Å². The second-order valence-corrected chi connectivity index (χ2v) is 6.75. The molecule has 3 N–H and O–H groups in total. The molecule has 0 aliphatic rings. The number of nitrogens with zero attached hydrogens (tertiary/aromatic N) is 5. The lowest BCUT2D eigenvalue weighted by Crippen LogP contribution is -2.26. The molecule has 0 spiro atoms. The normalized spacial score (nSPS) is 11.3. The van der Waals surface area contributed by atoms with E-state index in [1.54, 1.807) is 25.1 Å². The summed E-state index contributed by atoms with van der Waals surface area (Å²) in [5.74, 6) is -2.76. The van der Waals surface area contributed by atoms with Crippen LogP contribution in [0.2, 0.25) is 0 Å². The Morgan fingerprint density at radius 2 is 1.83 bits per heavy atom. The average Bonchev–Trinajstić information content (AvgIpc) is 3.39. The Kier molecular flexibility index (Phi) is 8.57. The summed E-state index contributed by atoms with van der Waals surface area (Å²) in [6.07, 6.45) is -3.32. The maximum Gasteiger partial charge on any atom is 0.490 e. The molecule has 3 rings (SSSR count). The van der Waals surface area contributed by atoms with E-state index in [1.165, 1.54) is 23.3 Å². The molecule has 0 unspecified atom stereocenters. The lowest BCUT2D eigenvalue weighted by molar-refractivity contribution is -0.192. The molecule has 0 saturated carbocycles. The molecule has 0 aliphatic heterocycles. The highest BCUT2D eigenvalue weighted by molar-refractivity contribution is 5.73. The van der Waals surface area contributed by atoms with Crippen molar-refractivity contribution < 1.29 is 40.6 Å². The zero-order valence-electron chi connectivity index (χ0n) is 17.7. The van der Waals surface area contributed by atoms with Gasteiger partial charge in [-0.05, 0) is 24.1 Å². The van der Waals surface area contributed by atoms with Crippen molar-refractivity contribution in [2.45, 2.75) is 26.2 Å². The predicted octanol–water partition coefficient (Wildman–Crippen LogP) is 3.34. The van der Waals surface area contributed by atoms with E-state index in [1.807, 2.05) is 0 Å². The number of carbonyl (C=O) groups is 1. The molecule has 0 atom stereocenters. The minimum absolute atomic E-state index is 0.391. The van der Waals surface area contributed by atoms with Gasteiger partial charge >= 0.3 is 24.4 Å². The average molecular weight is 510 g/mol. The molecule has 3 aromatic rings. The summed E-state index contributed by atoms with van der Waals surface area (Å²) >= 11 is 0. The molecule has 9 nitrogen and oxygen atoms in total. The van der Waals surface area contributed by atoms with E-state index in [0.29, 0.717) is 27.1 Å². The summed E-state index contributed by atoms with van der Waals surface area (Å²) in [5.41, 5.74) is 6.36. The number of benzene rings is 1. The van der Waals surface area contributed by atoms with Gasteiger partial charge in [-0.2, -0.15) is 40.9 Å². The van der Waals surface area contributed by atoms with Gasteiger partial charge in [-0.15, -0.1) is 0 Å². The SMILES string of the molecule is Cc1c(-c2cnn(C(F)F)c2)cccc1-n1cnn(CC(CN)=C(F)F)c1=O.O=C(O)C(F)(F)F. The number of carboxylic acids is 1. The van der Waals surface area contributed by atoms with Gasteiger partial charge in [0.15, 0.2) is 0 Å². The van der Waals surface area contributed by atoms with E-state index in [-0.39, 0.29) is 0 Å². The fraction of sp³-hybridized carbons (Fsp3) is 0.263. The van der Waals surface area contributed by atoms with Crippen molar-refractivity contribution in [3.05, 3.63) is 64.6 Å². The van der Waals surface area contributed by atoms with Gasteiger partial charge in [0.2, 0.25) is 0 Å². The standard InChI is InChI=1S/C17H16F4N6O.C2HF3O2/c1-10-13(12-6-23-26(8-12)16(20)21)3-2-4-14(10)25-9-24-27(17(25)28)7-11(5-22)15(18)19;3-2(4,5)1(6)7/h2-4,6,8-9,16H,5,7,22H2,1H3;(H,6,7). The van der Waals surface area contributed by atoms with E-state index in [4.69, 9.17) is 15.6 Å². The van der Waals surface area contributed by atoms with Crippen LogP contribution in [0.15, 0.2) is 53.4 Å². The van der Waals surface area contributed by atoms with Gasteiger partial charge < -0.3 is 10.8 Å². The number of halogens is 7. The third-order valence-corrected chi connectivity index (χ3v) is 4.51. The van der Waals surface area contributed by atoms with Crippen LogP contribution in [0.25, 0.3) is 16.8 Å². The lowest BCUT2D eigenvalue weighted by atomic mass is 10.0. The van der Waals surface area contributed by atoms with Gasteiger partial charge in [-0.25, -0.2) is 23.5 Å². The summed E-state index contributed by atoms with van der Waals surface area (Å²) in [4.78, 5) is 21.5. The number of hydrogen-bond acceptors (Lipinski definition) is 5. The van der Waals surface area contributed by atoms with Crippen molar-refractivity contribution in [2.24, 2.45) is 5.73 Å². The van der Waals surface area contributed by atoms with Gasteiger partial charge in [-0.3, -0.25) is 0 Å². The minimum Gasteiger partial charge on any atom is -0.475 e. The van der Waals surface area contributed by atoms with Crippen molar-refractivity contribution in [3.8, 4) is 16.8 Å². The highest BCUT2D eigenvalue weighted by atomic mass is 19.4. The molecule has 0 aliphatic carbocycles. The number of carboxylic acid groups (broad SMARTS) is 1. The second-order valence-electron chi connectivity index (χ2n) is 6.75. The molecule has 16 heteroatoms. The lowest BCUT2D eigenvalue weighted by Gasteiger charge is -2.10. The van der Waals surface area contributed by atoms with Crippen LogP contribution < -0.4 is 11.4 Å². The molecule has 190 valence electrons. The first kappa shape index (κ1) is 27.3. The predicted molar refractivity (Wildman–Crippen MR) is 107 cm³/mol. The largest absolute Gasteiger partial charge is 0.490 e. The molecule has 2 aromatic heterocycles. The van der Waals surface area contributed by atoms with Crippen molar-refractivity contribution in [3.63, 3.8) is 0 Å². The molecular formula is C19H17F7N6O3. The molecule has 35 heavy (non-hydrogen) atoms. The maximum absolute atomic E-state index is 12.8. The molecule has 0 bridgehead atoms. The molecule has 0 saturated heterocycles. The Hall–Kier alpha value is -3.95. The van der Waals surface area contributed by atoms with E-state index in [9.17, 15) is 35.5 Å². The Morgan fingerprint density at radius 1 is 1.20 bits per heavy atom. The molecule has 2 heterocycles. The summed E-state index contributed by atoms with van der Waals surface area (Å²) in [6.45, 7) is -1.88. The third kappa shape index (κ3) is 6.56. The number of aromatic nitrogens is 5. The number of nitrogens with two attached hydrogens (primary N) is 1. The van der Waals surface area contributed by atoms with Crippen LogP contribution in [0.5, 0.6) is 0 Å². The van der Waals surface area contributed by atoms with E-state index in [2.05, 4.69) is 10.2 Å². The number of aliphatic carboxylic acids is 1. The van der Waals surface area contributed by atoms with Crippen LogP contribution in [0.4, 0.5) is 30.7 Å². The third-order valence-electron chi connectivity index (χ3n) is 4.51. The topological polar surface area (TPSA) is 121 Å². The summed E-state index contributed by atoms with van der Waals surface area (Å²) < 4.78 is 85.5. The van der Waals surface area contributed by atoms with E-state index >= 15 is 0 Å². The number of rotatable bonds is 6. The first-order valence-corrected chi connectivity index (χ1v) is 9.38. The van der Waals surface area contributed by atoms with Crippen LogP contribution in [0, 0.1) is 6.92 Å². The van der Waals surface area contributed by atoms with Crippen LogP contribution in [-0.4, -0.2) is 47.9 Å². The maximum atomic E-state index is 12.8. The van der Waals surface area contributed by atoms with E-state index in [0.717, 1.165) is 4.68 Å². The zero-order valence-corrected chi connectivity index (χ0v) is 17.7. The monoisotopic (exact) mass is 510 g/mol. The molecule has 0 radical (unpaired) electrons. The molecule has 0 amide bonds. The molecule has 1 aromatic carbocycles. The number of hydrogen-bond donors (Lipinski definition) is 2. The first-order chi connectivity index (χ1) is 16.3. The minimum atomic E-state index is -5.08. The first-order valence-electron chi connectivity index (χ1n) is 9.38. The molecule has 0 fully saturated rings. The van der Waals surface area contributed by atoms with Gasteiger partial charge in [0.05, 0.1) is 18.4 Å². The van der Waals surface area contributed by atoms with Crippen LogP contribution in [-0.2, 0) is 11.3 Å². The van der Waals surface area contributed by atoms with Crippen LogP contribution in [0.1, 0.15) is 12.1 Å². The summed E-state index contributed by atoms with van der Waals surface area (Å²) in [7, 11) is 0. The van der Waals surface area contributed by atoms with Crippen molar-refractivity contribution in [2.75, 3.05) is 6.54 Å². The fourth-order valence-electron chi connectivity index (χ4n) is 2.77. The van der Waals surface area contributed by atoms with Gasteiger partial charge in [0, 0.05) is 23.9 Å². The van der Waals surface area contributed by atoms with Crippen LogP contribution in [0.3, 0.4) is 0 Å². The van der Waals surface area contributed by atoms with E-state index < -0.39 is 49.1 Å².